The molecule has 0 amide bonds. The van der Waals surface area contributed by atoms with Crippen molar-refractivity contribution in [1.82, 2.24) is 0 Å². The monoisotopic (exact) mass is 257 g/mol. The third kappa shape index (κ3) is 2.14. The van der Waals surface area contributed by atoms with Gasteiger partial charge in [0, 0.05) is 11.1 Å². The first kappa shape index (κ1) is 13.1. The minimum atomic E-state index is -2.75. The van der Waals surface area contributed by atoms with Crippen molar-refractivity contribution in [1.29, 1.82) is 0 Å². The number of phenolic OH excluding ortho intramolecular Hbond substituents is 1. The molecule has 1 saturated carbocycles. The summed E-state index contributed by atoms with van der Waals surface area (Å²) in [6.45, 7) is 0. The van der Waals surface area contributed by atoms with E-state index >= 15 is 0 Å². The Morgan fingerprint density at radius 1 is 1.33 bits per heavy atom. The average molecular weight is 257 g/mol. The number of rotatable bonds is 3. The molecule has 1 aromatic carbocycles. The molecule has 1 aromatic rings. The van der Waals surface area contributed by atoms with E-state index < -0.39 is 23.3 Å². The fourth-order valence-electron chi connectivity index (χ4n) is 2.57. The Morgan fingerprint density at radius 2 is 1.94 bits per heavy atom. The topological polar surface area (TPSA) is 55.5 Å². The van der Waals surface area contributed by atoms with Gasteiger partial charge in [0.25, 0.3) is 6.43 Å². The molecule has 0 saturated heterocycles. The lowest BCUT2D eigenvalue weighted by molar-refractivity contribution is 0.146. The van der Waals surface area contributed by atoms with Crippen LogP contribution < -0.4 is 10.5 Å². The number of hydrogen-bond donors (Lipinski definition) is 2. The molecular weight excluding hydrogens is 240 g/mol. The minimum absolute atomic E-state index is 0.301. The number of methoxy groups -OCH3 is 1. The molecular formula is C13H17F2NO2. The van der Waals surface area contributed by atoms with Crippen molar-refractivity contribution in [2.24, 2.45) is 5.73 Å². The molecule has 1 fully saturated rings. The molecule has 1 aliphatic carbocycles. The van der Waals surface area contributed by atoms with Crippen molar-refractivity contribution in [3.05, 3.63) is 23.3 Å². The Labute approximate surface area is 105 Å². The van der Waals surface area contributed by atoms with Crippen molar-refractivity contribution < 1.29 is 18.6 Å². The molecule has 3 N–H and O–H groups in total. The van der Waals surface area contributed by atoms with E-state index in [-0.39, 0.29) is 0 Å². The lowest BCUT2D eigenvalue weighted by Crippen LogP contribution is -2.33. The molecule has 18 heavy (non-hydrogen) atoms. The summed E-state index contributed by atoms with van der Waals surface area (Å²) in [7, 11) is 1.41. The highest BCUT2D eigenvalue weighted by molar-refractivity contribution is 5.50. The van der Waals surface area contributed by atoms with Crippen LogP contribution in [0.15, 0.2) is 12.1 Å². The number of ether oxygens (including phenoxy) is 1. The van der Waals surface area contributed by atoms with E-state index in [1.165, 1.54) is 7.11 Å². The van der Waals surface area contributed by atoms with Crippen LogP contribution in [0.2, 0.25) is 0 Å². The fourth-order valence-corrected chi connectivity index (χ4v) is 2.57. The lowest BCUT2D eigenvalue weighted by atomic mass is 9.87. The molecule has 0 spiro atoms. The first-order chi connectivity index (χ1) is 8.48. The van der Waals surface area contributed by atoms with E-state index in [1.807, 2.05) is 0 Å². The largest absolute Gasteiger partial charge is 0.507 e. The number of halogens is 2. The zero-order valence-corrected chi connectivity index (χ0v) is 10.2. The Kier molecular flexibility index (Phi) is 3.43. The van der Waals surface area contributed by atoms with Crippen molar-refractivity contribution in [2.45, 2.75) is 37.6 Å². The Balaban J connectivity index is 2.55. The van der Waals surface area contributed by atoms with Crippen molar-refractivity contribution in [3.8, 4) is 11.5 Å². The van der Waals surface area contributed by atoms with Crippen molar-refractivity contribution >= 4 is 0 Å². The van der Waals surface area contributed by atoms with Crippen LogP contribution in [0.5, 0.6) is 11.5 Å². The van der Waals surface area contributed by atoms with Gasteiger partial charge in [0.1, 0.15) is 11.5 Å². The predicted molar refractivity (Wildman–Crippen MR) is 63.9 cm³/mol. The molecule has 0 unspecified atom stereocenters. The van der Waals surface area contributed by atoms with Crippen LogP contribution in [0.25, 0.3) is 0 Å². The van der Waals surface area contributed by atoms with Crippen LogP contribution in [0.4, 0.5) is 8.78 Å². The second kappa shape index (κ2) is 4.72. The number of phenols is 1. The first-order valence-corrected chi connectivity index (χ1v) is 5.96. The zero-order chi connectivity index (χ0) is 13.3. The average Bonchev–Trinajstić information content (AvgIpc) is 2.77. The molecule has 0 bridgehead atoms. The van der Waals surface area contributed by atoms with Gasteiger partial charge in [-0.25, -0.2) is 8.78 Å². The molecule has 1 aliphatic rings. The van der Waals surface area contributed by atoms with Crippen LogP contribution >= 0.6 is 0 Å². The molecule has 0 heterocycles. The summed E-state index contributed by atoms with van der Waals surface area (Å²) in [5, 5.41) is 9.99. The summed E-state index contributed by atoms with van der Waals surface area (Å²) >= 11 is 0. The van der Waals surface area contributed by atoms with E-state index in [0.717, 1.165) is 18.9 Å². The SMILES string of the molecule is COc1cc(C(F)F)c(O)c(C2(N)CCCC2)c1. The molecule has 0 atom stereocenters. The molecule has 3 nitrogen and oxygen atoms in total. The third-order valence-electron chi connectivity index (χ3n) is 3.62. The van der Waals surface area contributed by atoms with Gasteiger partial charge in [-0.05, 0) is 25.0 Å². The molecule has 5 heteroatoms. The van der Waals surface area contributed by atoms with Crippen LogP contribution in [0, 0.1) is 0 Å². The summed E-state index contributed by atoms with van der Waals surface area (Å²) in [5.74, 6) is -0.0926. The molecule has 0 radical (unpaired) electrons. The Bertz CT molecular complexity index is 443. The van der Waals surface area contributed by atoms with Crippen LogP contribution in [0.1, 0.15) is 43.2 Å². The van der Waals surface area contributed by atoms with Gasteiger partial charge in [-0.3, -0.25) is 0 Å². The molecule has 100 valence electrons. The zero-order valence-electron chi connectivity index (χ0n) is 10.2. The number of benzene rings is 1. The maximum Gasteiger partial charge on any atom is 0.267 e. The smallest absolute Gasteiger partial charge is 0.267 e. The van der Waals surface area contributed by atoms with E-state index in [2.05, 4.69) is 0 Å². The quantitative estimate of drug-likeness (QED) is 0.875. The van der Waals surface area contributed by atoms with Gasteiger partial charge in [-0.2, -0.15) is 0 Å². The maximum absolute atomic E-state index is 12.9. The Morgan fingerprint density at radius 3 is 2.44 bits per heavy atom. The Hall–Kier alpha value is -1.36. The van der Waals surface area contributed by atoms with Crippen LogP contribution in [-0.4, -0.2) is 12.2 Å². The highest BCUT2D eigenvalue weighted by atomic mass is 19.3. The van der Waals surface area contributed by atoms with Gasteiger partial charge in [-0.1, -0.05) is 12.8 Å². The highest BCUT2D eigenvalue weighted by Gasteiger charge is 2.35. The lowest BCUT2D eigenvalue weighted by Gasteiger charge is -2.26. The summed E-state index contributed by atoms with van der Waals surface area (Å²) in [5.41, 5.74) is 5.45. The number of hydrogen-bond acceptors (Lipinski definition) is 3. The molecule has 0 aliphatic heterocycles. The van der Waals surface area contributed by atoms with Crippen molar-refractivity contribution in [2.75, 3.05) is 7.11 Å². The fraction of sp³-hybridized carbons (Fsp3) is 0.538. The van der Waals surface area contributed by atoms with Gasteiger partial charge in [0.05, 0.1) is 12.7 Å². The van der Waals surface area contributed by atoms with E-state index in [1.54, 1.807) is 6.07 Å². The van der Waals surface area contributed by atoms with E-state index in [0.29, 0.717) is 24.2 Å². The second-order valence-electron chi connectivity index (χ2n) is 4.78. The normalized spacial score (nSPS) is 18.3. The van der Waals surface area contributed by atoms with E-state index in [4.69, 9.17) is 10.5 Å². The van der Waals surface area contributed by atoms with Crippen LogP contribution in [-0.2, 0) is 5.54 Å². The number of alkyl halides is 2. The van der Waals surface area contributed by atoms with Gasteiger partial charge >= 0.3 is 0 Å². The van der Waals surface area contributed by atoms with E-state index in [9.17, 15) is 13.9 Å². The number of nitrogens with two attached hydrogens (primary N) is 1. The van der Waals surface area contributed by atoms with Gasteiger partial charge in [0.15, 0.2) is 0 Å². The van der Waals surface area contributed by atoms with Gasteiger partial charge in [0.2, 0.25) is 0 Å². The van der Waals surface area contributed by atoms with Gasteiger partial charge in [-0.15, -0.1) is 0 Å². The second-order valence-corrected chi connectivity index (χ2v) is 4.78. The standard InChI is InChI=1S/C13H17F2NO2/c1-18-8-6-9(12(14)15)11(17)10(7-8)13(16)4-2-3-5-13/h6-7,12,17H,2-5,16H2,1H3. The maximum atomic E-state index is 12.9. The molecule has 2 rings (SSSR count). The summed E-state index contributed by atoms with van der Waals surface area (Å²) in [4.78, 5) is 0. The molecule has 0 aromatic heterocycles. The minimum Gasteiger partial charge on any atom is -0.507 e. The van der Waals surface area contributed by atoms with Gasteiger partial charge < -0.3 is 15.6 Å². The van der Waals surface area contributed by atoms with Crippen LogP contribution in [0.3, 0.4) is 0 Å². The third-order valence-corrected chi connectivity index (χ3v) is 3.62. The summed E-state index contributed by atoms with van der Waals surface area (Å²) in [6.07, 6.45) is 0.519. The summed E-state index contributed by atoms with van der Waals surface area (Å²) < 4.78 is 30.8. The highest BCUT2D eigenvalue weighted by Crippen LogP contribution is 2.45. The predicted octanol–water partition coefficient (Wildman–Crippen LogP) is 3.07. The number of aromatic hydroxyl groups is 1. The summed E-state index contributed by atoms with van der Waals surface area (Å²) in [6, 6.07) is 2.72. The first-order valence-electron chi connectivity index (χ1n) is 5.96. The van der Waals surface area contributed by atoms with Crippen molar-refractivity contribution in [3.63, 3.8) is 0 Å².